The number of piperazine rings is 1. The highest BCUT2D eigenvalue weighted by molar-refractivity contribution is 6.33. The second kappa shape index (κ2) is 10.2. The fourth-order valence-corrected chi connectivity index (χ4v) is 3.47. The summed E-state index contributed by atoms with van der Waals surface area (Å²) in [5.74, 6) is -0.544. The van der Waals surface area contributed by atoms with E-state index in [1.54, 1.807) is 54.3 Å². The Labute approximate surface area is 181 Å². The van der Waals surface area contributed by atoms with Gasteiger partial charge in [0.25, 0.3) is 5.91 Å². The second-order valence-electron chi connectivity index (χ2n) is 7.19. The summed E-state index contributed by atoms with van der Waals surface area (Å²) in [7, 11) is 0. The van der Waals surface area contributed by atoms with Crippen LogP contribution in [-0.2, 0) is 9.59 Å². The summed E-state index contributed by atoms with van der Waals surface area (Å²) >= 11 is 6.07. The largest absolute Gasteiger partial charge is 0.341 e. The zero-order valence-corrected chi connectivity index (χ0v) is 17.6. The van der Waals surface area contributed by atoms with Gasteiger partial charge in [-0.1, -0.05) is 41.9 Å². The molecule has 2 aromatic carbocycles. The average molecular weight is 429 g/mol. The van der Waals surface area contributed by atoms with E-state index < -0.39 is 6.04 Å². The third kappa shape index (κ3) is 5.81. The lowest BCUT2D eigenvalue weighted by Crippen LogP contribution is -2.55. The molecule has 1 aliphatic rings. The number of carbonyl (C=O) groups excluding carboxylic acids is 3. The summed E-state index contributed by atoms with van der Waals surface area (Å²) in [5.41, 5.74) is 1.10. The Morgan fingerprint density at radius 3 is 2.27 bits per heavy atom. The maximum absolute atomic E-state index is 12.7. The first-order valence-corrected chi connectivity index (χ1v) is 10.2. The predicted octanol–water partition coefficient (Wildman–Crippen LogP) is 2.24. The molecule has 0 aliphatic carbocycles. The Balaban J connectivity index is 1.44. The van der Waals surface area contributed by atoms with Gasteiger partial charge < -0.3 is 15.5 Å². The van der Waals surface area contributed by atoms with Gasteiger partial charge in [-0.3, -0.25) is 19.3 Å². The Morgan fingerprint density at radius 2 is 1.60 bits per heavy atom. The van der Waals surface area contributed by atoms with E-state index >= 15 is 0 Å². The van der Waals surface area contributed by atoms with Gasteiger partial charge in [0.2, 0.25) is 11.8 Å². The molecule has 30 heavy (non-hydrogen) atoms. The molecule has 0 radical (unpaired) electrons. The molecular formula is C22H25ClN4O3. The van der Waals surface area contributed by atoms with Crippen molar-refractivity contribution >= 4 is 35.0 Å². The summed E-state index contributed by atoms with van der Waals surface area (Å²) in [6.45, 7) is 4.09. The van der Waals surface area contributed by atoms with Gasteiger partial charge in [-0.15, -0.1) is 0 Å². The van der Waals surface area contributed by atoms with Crippen LogP contribution >= 0.6 is 11.6 Å². The lowest BCUT2D eigenvalue weighted by Gasteiger charge is -2.35. The molecule has 3 amide bonds. The van der Waals surface area contributed by atoms with Crippen molar-refractivity contribution in [1.82, 2.24) is 15.1 Å². The summed E-state index contributed by atoms with van der Waals surface area (Å²) in [6.07, 6.45) is 0. The van der Waals surface area contributed by atoms with E-state index in [0.29, 0.717) is 42.5 Å². The van der Waals surface area contributed by atoms with E-state index in [2.05, 4.69) is 10.6 Å². The molecule has 2 N–H and O–H groups in total. The number of anilines is 1. The fourth-order valence-electron chi connectivity index (χ4n) is 3.29. The lowest BCUT2D eigenvalue weighted by atomic mass is 10.2. The van der Waals surface area contributed by atoms with Crippen LogP contribution < -0.4 is 10.6 Å². The Hall–Kier alpha value is -2.90. The molecule has 0 spiro atoms. The van der Waals surface area contributed by atoms with Crippen molar-refractivity contribution in [2.45, 2.75) is 13.0 Å². The van der Waals surface area contributed by atoms with Gasteiger partial charge in [0.15, 0.2) is 0 Å². The normalized spacial score (nSPS) is 15.3. The molecule has 1 saturated heterocycles. The van der Waals surface area contributed by atoms with Crippen LogP contribution in [0.1, 0.15) is 17.3 Å². The van der Waals surface area contributed by atoms with E-state index in [9.17, 15) is 14.4 Å². The van der Waals surface area contributed by atoms with Crippen LogP contribution in [0.5, 0.6) is 0 Å². The summed E-state index contributed by atoms with van der Waals surface area (Å²) in [4.78, 5) is 40.9. The molecule has 7 nitrogen and oxygen atoms in total. The maximum atomic E-state index is 12.7. The molecule has 0 aromatic heterocycles. The zero-order valence-electron chi connectivity index (χ0n) is 16.8. The van der Waals surface area contributed by atoms with E-state index in [-0.39, 0.29) is 24.3 Å². The zero-order chi connectivity index (χ0) is 21.5. The molecule has 2 aromatic rings. The number of hydrogen-bond donors (Lipinski definition) is 2. The first-order chi connectivity index (χ1) is 14.4. The number of halogens is 1. The van der Waals surface area contributed by atoms with Crippen LogP contribution in [0.3, 0.4) is 0 Å². The first-order valence-electron chi connectivity index (χ1n) is 9.85. The number of rotatable bonds is 6. The number of nitrogens with zero attached hydrogens (tertiary/aromatic N) is 2. The number of amides is 3. The Kier molecular flexibility index (Phi) is 7.43. The van der Waals surface area contributed by atoms with Crippen molar-refractivity contribution in [3.63, 3.8) is 0 Å². The lowest BCUT2D eigenvalue weighted by molar-refractivity contribution is -0.134. The van der Waals surface area contributed by atoms with E-state index in [1.807, 2.05) is 17.0 Å². The first kappa shape index (κ1) is 21.8. The highest BCUT2D eigenvalue weighted by atomic mass is 35.5. The minimum Gasteiger partial charge on any atom is -0.341 e. The Bertz CT molecular complexity index is 898. The standard InChI is InChI=1S/C22H25ClN4O3/c1-16(24-21(29)17-7-3-2-4-8-17)22(30)27-13-11-26(12-14-27)15-20(28)25-19-10-6-5-9-18(19)23/h2-10,16H,11-15H2,1H3,(H,24,29)(H,25,28)/t16-/m0/s1. The van der Waals surface area contributed by atoms with Gasteiger partial charge in [-0.2, -0.15) is 0 Å². The smallest absolute Gasteiger partial charge is 0.251 e. The van der Waals surface area contributed by atoms with Gasteiger partial charge in [0, 0.05) is 31.7 Å². The third-order valence-electron chi connectivity index (χ3n) is 4.95. The number of hydrogen-bond acceptors (Lipinski definition) is 4. The van der Waals surface area contributed by atoms with E-state index in [0.717, 1.165) is 0 Å². The van der Waals surface area contributed by atoms with Crippen molar-refractivity contribution in [3.05, 3.63) is 65.2 Å². The van der Waals surface area contributed by atoms with Crippen molar-refractivity contribution in [2.75, 3.05) is 38.0 Å². The second-order valence-corrected chi connectivity index (χ2v) is 7.60. The van der Waals surface area contributed by atoms with Crippen molar-refractivity contribution in [1.29, 1.82) is 0 Å². The highest BCUT2D eigenvalue weighted by Gasteiger charge is 2.26. The van der Waals surface area contributed by atoms with Gasteiger partial charge >= 0.3 is 0 Å². The minimum absolute atomic E-state index is 0.126. The molecule has 1 fully saturated rings. The summed E-state index contributed by atoms with van der Waals surface area (Å²) in [6, 6.07) is 15.3. The minimum atomic E-state index is -0.618. The van der Waals surface area contributed by atoms with Crippen molar-refractivity contribution in [3.8, 4) is 0 Å². The third-order valence-corrected chi connectivity index (χ3v) is 5.28. The van der Waals surface area contributed by atoms with Crippen LogP contribution in [0.2, 0.25) is 5.02 Å². The molecule has 3 rings (SSSR count). The molecule has 0 unspecified atom stereocenters. The molecular weight excluding hydrogens is 404 g/mol. The van der Waals surface area contributed by atoms with Gasteiger partial charge in [-0.25, -0.2) is 0 Å². The summed E-state index contributed by atoms with van der Waals surface area (Å²) in [5, 5.41) is 6.05. The average Bonchev–Trinajstić information content (AvgIpc) is 2.76. The quantitative estimate of drug-likeness (QED) is 0.739. The maximum Gasteiger partial charge on any atom is 0.251 e. The monoisotopic (exact) mass is 428 g/mol. The number of para-hydroxylation sites is 1. The molecule has 1 heterocycles. The van der Waals surface area contributed by atoms with E-state index in [1.165, 1.54) is 0 Å². The van der Waals surface area contributed by atoms with E-state index in [4.69, 9.17) is 11.6 Å². The molecule has 0 saturated carbocycles. The van der Waals surface area contributed by atoms with Crippen LogP contribution in [0, 0.1) is 0 Å². The topological polar surface area (TPSA) is 81.8 Å². The SMILES string of the molecule is C[C@H](NC(=O)c1ccccc1)C(=O)N1CCN(CC(=O)Nc2ccccc2Cl)CC1. The van der Waals surface area contributed by atoms with Gasteiger partial charge in [0.05, 0.1) is 17.3 Å². The predicted molar refractivity (Wildman–Crippen MR) is 116 cm³/mol. The van der Waals surface area contributed by atoms with Crippen LogP contribution in [0.25, 0.3) is 0 Å². The highest BCUT2D eigenvalue weighted by Crippen LogP contribution is 2.20. The number of benzene rings is 2. The summed E-state index contributed by atoms with van der Waals surface area (Å²) < 4.78 is 0. The number of carbonyl (C=O) groups is 3. The van der Waals surface area contributed by atoms with Crippen LogP contribution in [0.15, 0.2) is 54.6 Å². The molecule has 1 aliphatic heterocycles. The number of nitrogens with one attached hydrogen (secondary N) is 2. The van der Waals surface area contributed by atoms with Gasteiger partial charge in [0.1, 0.15) is 6.04 Å². The molecule has 158 valence electrons. The fraction of sp³-hybridized carbons (Fsp3) is 0.318. The molecule has 0 bridgehead atoms. The molecule has 1 atom stereocenters. The van der Waals surface area contributed by atoms with Crippen LogP contribution in [-0.4, -0.2) is 66.3 Å². The van der Waals surface area contributed by atoms with Crippen molar-refractivity contribution < 1.29 is 14.4 Å². The van der Waals surface area contributed by atoms with Crippen molar-refractivity contribution in [2.24, 2.45) is 0 Å². The molecule has 8 heteroatoms. The Morgan fingerprint density at radius 1 is 0.967 bits per heavy atom. The van der Waals surface area contributed by atoms with Gasteiger partial charge in [-0.05, 0) is 31.2 Å². The van der Waals surface area contributed by atoms with Crippen LogP contribution in [0.4, 0.5) is 5.69 Å².